The summed E-state index contributed by atoms with van der Waals surface area (Å²) in [6.07, 6.45) is 2.99. The SMILES string of the molecule is CC1CCC(CN)(C2(O)CCS(=O)(=O)c3ccccc32)C1. The first-order chi connectivity index (χ1) is 9.85. The van der Waals surface area contributed by atoms with Crippen LogP contribution in [0.5, 0.6) is 0 Å². The monoisotopic (exact) mass is 309 g/mol. The first-order valence-corrected chi connectivity index (χ1v) is 9.25. The number of rotatable bonds is 2. The van der Waals surface area contributed by atoms with E-state index in [-0.39, 0.29) is 17.1 Å². The van der Waals surface area contributed by atoms with Crippen molar-refractivity contribution >= 4 is 9.84 Å². The second kappa shape index (κ2) is 4.80. The Bertz CT molecular complexity index is 657. The largest absolute Gasteiger partial charge is 0.384 e. The number of sulfone groups is 1. The predicted octanol–water partition coefficient (Wildman–Crippen LogP) is 1.82. The average molecular weight is 309 g/mol. The molecule has 4 nitrogen and oxygen atoms in total. The standard InChI is InChI=1S/C16H23NO3S/c1-12-6-7-15(10-12,11-17)16(18)8-9-21(19,20)14-5-3-2-4-13(14)16/h2-5,12,18H,6-11,17H2,1H3. The molecular formula is C16H23NO3S. The summed E-state index contributed by atoms with van der Waals surface area (Å²) in [7, 11) is -3.29. The molecule has 0 saturated heterocycles. The summed E-state index contributed by atoms with van der Waals surface area (Å²) in [6, 6.07) is 6.88. The van der Waals surface area contributed by atoms with E-state index in [0.29, 0.717) is 18.0 Å². The Hall–Kier alpha value is -0.910. The van der Waals surface area contributed by atoms with E-state index in [1.807, 2.05) is 0 Å². The van der Waals surface area contributed by atoms with Crippen LogP contribution in [-0.4, -0.2) is 25.8 Å². The fourth-order valence-corrected chi connectivity index (χ4v) is 5.92. The molecule has 21 heavy (non-hydrogen) atoms. The topological polar surface area (TPSA) is 80.4 Å². The lowest BCUT2D eigenvalue weighted by molar-refractivity contribution is -0.0930. The van der Waals surface area contributed by atoms with Crippen molar-refractivity contribution in [3.8, 4) is 0 Å². The second-order valence-corrected chi connectivity index (χ2v) is 8.84. The molecule has 1 saturated carbocycles. The Morgan fingerprint density at radius 2 is 2.05 bits per heavy atom. The molecule has 3 rings (SSSR count). The summed E-state index contributed by atoms with van der Waals surface area (Å²) in [4.78, 5) is 0.283. The van der Waals surface area contributed by atoms with Crippen molar-refractivity contribution in [1.82, 2.24) is 0 Å². The van der Waals surface area contributed by atoms with E-state index in [2.05, 4.69) is 6.92 Å². The molecule has 3 unspecified atom stereocenters. The average Bonchev–Trinajstić information content (AvgIpc) is 2.87. The van der Waals surface area contributed by atoms with Crippen molar-refractivity contribution < 1.29 is 13.5 Å². The highest BCUT2D eigenvalue weighted by Crippen LogP contribution is 2.56. The van der Waals surface area contributed by atoms with Crippen LogP contribution in [0.15, 0.2) is 29.2 Å². The Kier molecular flexibility index (Phi) is 3.43. The van der Waals surface area contributed by atoms with Gasteiger partial charge in [-0.2, -0.15) is 0 Å². The van der Waals surface area contributed by atoms with Gasteiger partial charge in [0.15, 0.2) is 9.84 Å². The molecule has 0 spiro atoms. The van der Waals surface area contributed by atoms with E-state index in [4.69, 9.17) is 5.73 Å². The van der Waals surface area contributed by atoms with Gasteiger partial charge in [0.25, 0.3) is 0 Å². The van der Waals surface area contributed by atoms with Crippen molar-refractivity contribution in [2.24, 2.45) is 17.1 Å². The molecule has 1 heterocycles. The Balaban J connectivity index is 2.18. The zero-order chi connectivity index (χ0) is 15.3. The third-order valence-corrected chi connectivity index (χ3v) is 7.29. The van der Waals surface area contributed by atoms with E-state index in [9.17, 15) is 13.5 Å². The molecular weight excluding hydrogens is 286 g/mol. The zero-order valence-corrected chi connectivity index (χ0v) is 13.2. The van der Waals surface area contributed by atoms with Gasteiger partial charge in [-0.05, 0) is 37.7 Å². The summed E-state index contributed by atoms with van der Waals surface area (Å²) >= 11 is 0. The van der Waals surface area contributed by atoms with Gasteiger partial charge in [0.05, 0.1) is 16.2 Å². The minimum atomic E-state index is -3.29. The lowest BCUT2D eigenvalue weighted by Crippen LogP contribution is -2.52. The molecule has 1 aromatic rings. The van der Waals surface area contributed by atoms with E-state index < -0.39 is 20.9 Å². The van der Waals surface area contributed by atoms with Crippen LogP contribution in [0.2, 0.25) is 0 Å². The van der Waals surface area contributed by atoms with E-state index in [0.717, 1.165) is 19.3 Å². The molecule has 116 valence electrons. The molecule has 3 atom stereocenters. The molecule has 1 aliphatic heterocycles. The van der Waals surface area contributed by atoms with Gasteiger partial charge in [0.1, 0.15) is 0 Å². The molecule has 3 N–H and O–H groups in total. The molecule has 0 aromatic heterocycles. The summed E-state index contributed by atoms with van der Waals surface area (Å²) in [5.41, 5.74) is 5.08. The normalized spacial score (nSPS) is 38.1. The van der Waals surface area contributed by atoms with Crippen molar-refractivity contribution in [1.29, 1.82) is 0 Å². The summed E-state index contributed by atoms with van der Waals surface area (Å²) < 4.78 is 24.6. The lowest BCUT2D eigenvalue weighted by atomic mass is 9.65. The predicted molar refractivity (Wildman–Crippen MR) is 81.5 cm³/mol. The van der Waals surface area contributed by atoms with Crippen LogP contribution in [0.4, 0.5) is 0 Å². The van der Waals surface area contributed by atoms with Crippen LogP contribution < -0.4 is 5.73 Å². The van der Waals surface area contributed by atoms with Gasteiger partial charge >= 0.3 is 0 Å². The summed E-state index contributed by atoms with van der Waals surface area (Å²) in [5.74, 6) is 0.514. The van der Waals surface area contributed by atoms with Gasteiger partial charge in [-0.15, -0.1) is 0 Å². The fourth-order valence-electron chi connectivity index (χ4n) is 4.28. The van der Waals surface area contributed by atoms with Crippen molar-refractivity contribution in [2.75, 3.05) is 12.3 Å². The minimum Gasteiger partial charge on any atom is -0.384 e. The first kappa shape index (κ1) is 15.0. The molecule has 0 radical (unpaired) electrons. The lowest BCUT2D eigenvalue weighted by Gasteiger charge is -2.48. The van der Waals surface area contributed by atoms with Crippen molar-refractivity contribution in [3.63, 3.8) is 0 Å². The van der Waals surface area contributed by atoms with Gasteiger partial charge in [0, 0.05) is 17.5 Å². The van der Waals surface area contributed by atoms with E-state index in [1.54, 1.807) is 24.3 Å². The molecule has 1 fully saturated rings. The van der Waals surface area contributed by atoms with Crippen LogP contribution in [-0.2, 0) is 15.4 Å². The van der Waals surface area contributed by atoms with E-state index in [1.165, 1.54) is 0 Å². The number of hydrogen-bond donors (Lipinski definition) is 2. The van der Waals surface area contributed by atoms with Gasteiger partial charge in [-0.1, -0.05) is 25.1 Å². The molecule has 2 aliphatic rings. The number of nitrogens with two attached hydrogens (primary N) is 1. The summed E-state index contributed by atoms with van der Waals surface area (Å²) in [5, 5.41) is 11.5. The third kappa shape index (κ3) is 2.05. The van der Waals surface area contributed by atoms with Gasteiger partial charge in [0.2, 0.25) is 0 Å². The first-order valence-electron chi connectivity index (χ1n) is 7.59. The number of aliphatic hydroxyl groups is 1. The summed E-state index contributed by atoms with van der Waals surface area (Å²) in [6.45, 7) is 2.56. The van der Waals surface area contributed by atoms with Crippen molar-refractivity contribution in [2.45, 2.75) is 43.1 Å². The highest BCUT2D eigenvalue weighted by molar-refractivity contribution is 7.91. The molecule has 5 heteroatoms. The highest BCUT2D eigenvalue weighted by atomic mass is 32.2. The minimum absolute atomic E-state index is 0.00333. The van der Waals surface area contributed by atoms with Crippen LogP contribution in [0, 0.1) is 11.3 Å². The smallest absolute Gasteiger partial charge is 0.178 e. The molecule has 1 aromatic carbocycles. The van der Waals surface area contributed by atoms with Crippen LogP contribution in [0.25, 0.3) is 0 Å². The molecule has 0 bridgehead atoms. The van der Waals surface area contributed by atoms with Crippen LogP contribution in [0.1, 0.15) is 38.2 Å². The van der Waals surface area contributed by atoms with Crippen LogP contribution >= 0.6 is 0 Å². The number of fused-ring (bicyclic) bond motifs is 1. The molecule has 1 aliphatic carbocycles. The maximum Gasteiger partial charge on any atom is 0.178 e. The van der Waals surface area contributed by atoms with Gasteiger partial charge in [-0.3, -0.25) is 0 Å². The second-order valence-electron chi connectivity index (χ2n) is 6.76. The molecule has 0 amide bonds. The number of benzene rings is 1. The Morgan fingerprint density at radius 3 is 2.67 bits per heavy atom. The number of hydrogen-bond acceptors (Lipinski definition) is 4. The maximum atomic E-state index is 12.3. The Labute approximate surface area is 126 Å². The van der Waals surface area contributed by atoms with Crippen LogP contribution in [0.3, 0.4) is 0 Å². The van der Waals surface area contributed by atoms with Gasteiger partial charge in [-0.25, -0.2) is 8.42 Å². The quantitative estimate of drug-likeness (QED) is 0.873. The zero-order valence-electron chi connectivity index (χ0n) is 12.4. The maximum absolute atomic E-state index is 12.3. The van der Waals surface area contributed by atoms with E-state index >= 15 is 0 Å². The van der Waals surface area contributed by atoms with Gasteiger partial charge < -0.3 is 10.8 Å². The highest BCUT2D eigenvalue weighted by Gasteiger charge is 2.56. The Morgan fingerprint density at radius 1 is 1.33 bits per heavy atom. The fraction of sp³-hybridized carbons (Fsp3) is 0.625. The van der Waals surface area contributed by atoms with Crippen molar-refractivity contribution in [3.05, 3.63) is 29.8 Å². The third-order valence-electron chi connectivity index (χ3n) is 5.52.